The highest BCUT2D eigenvalue weighted by atomic mass is 32.2. The zero-order chi connectivity index (χ0) is 14.2. The summed E-state index contributed by atoms with van der Waals surface area (Å²) >= 11 is 0. The third-order valence-electron chi connectivity index (χ3n) is 2.94. The van der Waals surface area contributed by atoms with E-state index in [0.29, 0.717) is 17.7 Å². The number of benzene rings is 1. The molecule has 104 valence electrons. The molecule has 3 rings (SSSR count). The van der Waals surface area contributed by atoms with Gasteiger partial charge in [0.15, 0.2) is 0 Å². The average molecular weight is 291 g/mol. The van der Waals surface area contributed by atoms with Crippen molar-refractivity contribution in [2.75, 3.05) is 4.72 Å². The first-order valence-electron chi connectivity index (χ1n) is 6.07. The van der Waals surface area contributed by atoms with Crippen LogP contribution in [0.15, 0.2) is 41.8 Å². The molecule has 0 saturated heterocycles. The van der Waals surface area contributed by atoms with Crippen LogP contribution >= 0.6 is 0 Å². The number of sulfonamides is 1. The van der Waals surface area contributed by atoms with E-state index in [9.17, 15) is 8.42 Å². The number of nitrogens with one attached hydrogen (secondary N) is 2. The molecule has 2 heterocycles. The summed E-state index contributed by atoms with van der Waals surface area (Å²) in [6, 6.07) is 5.26. The van der Waals surface area contributed by atoms with E-state index in [2.05, 4.69) is 19.8 Å². The summed E-state index contributed by atoms with van der Waals surface area (Å²) in [5, 5.41) is 3.97. The molecular weight excluding hydrogens is 278 g/mol. The van der Waals surface area contributed by atoms with Crippen molar-refractivity contribution < 1.29 is 8.42 Å². The van der Waals surface area contributed by atoms with Gasteiger partial charge in [0.25, 0.3) is 10.0 Å². The number of hydrogen-bond donors (Lipinski definition) is 2. The smallest absolute Gasteiger partial charge is 0.265 e. The van der Waals surface area contributed by atoms with Crippen molar-refractivity contribution in [3.63, 3.8) is 0 Å². The molecule has 0 saturated carbocycles. The van der Waals surface area contributed by atoms with E-state index in [-0.39, 0.29) is 4.90 Å². The Balaban J connectivity index is 1.99. The van der Waals surface area contributed by atoms with Gasteiger partial charge in [0, 0.05) is 12.7 Å². The summed E-state index contributed by atoms with van der Waals surface area (Å²) in [7, 11) is -3.66. The largest absolute Gasteiger partial charge is 0.345 e. The second-order valence-electron chi connectivity index (χ2n) is 4.24. The van der Waals surface area contributed by atoms with E-state index in [4.69, 9.17) is 0 Å². The number of aromatic amines is 1. The topological polar surface area (TPSA) is 92.7 Å². The van der Waals surface area contributed by atoms with Crippen LogP contribution in [0.1, 0.15) is 6.92 Å². The van der Waals surface area contributed by atoms with Crippen molar-refractivity contribution in [2.24, 2.45) is 0 Å². The van der Waals surface area contributed by atoms with E-state index in [1.165, 1.54) is 18.7 Å². The molecular formula is C12H13N5O2S. The summed E-state index contributed by atoms with van der Waals surface area (Å²) < 4.78 is 28.7. The van der Waals surface area contributed by atoms with E-state index >= 15 is 0 Å². The van der Waals surface area contributed by atoms with E-state index in [1.54, 1.807) is 16.8 Å². The lowest BCUT2D eigenvalue weighted by molar-refractivity contribution is 0.600. The molecule has 3 aromatic rings. The second-order valence-corrected chi connectivity index (χ2v) is 5.92. The normalized spacial score (nSPS) is 11.8. The fourth-order valence-corrected chi connectivity index (χ4v) is 2.93. The molecule has 0 fully saturated rings. The first-order valence-corrected chi connectivity index (χ1v) is 7.56. The second kappa shape index (κ2) is 4.64. The molecule has 0 atom stereocenters. The number of hydrogen-bond acceptors (Lipinski definition) is 4. The maximum Gasteiger partial charge on any atom is 0.265 e. The van der Waals surface area contributed by atoms with Crippen LogP contribution < -0.4 is 4.72 Å². The van der Waals surface area contributed by atoms with Crippen LogP contribution in [-0.4, -0.2) is 28.2 Å². The molecule has 0 bridgehead atoms. The van der Waals surface area contributed by atoms with Gasteiger partial charge in [0.1, 0.15) is 10.4 Å². The van der Waals surface area contributed by atoms with Crippen molar-refractivity contribution in [3.8, 4) is 0 Å². The molecule has 20 heavy (non-hydrogen) atoms. The van der Waals surface area contributed by atoms with Crippen LogP contribution in [0.2, 0.25) is 0 Å². The van der Waals surface area contributed by atoms with Gasteiger partial charge in [-0.1, -0.05) is 6.07 Å². The van der Waals surface area contributed by atoms with Crippen molar-refractivity contribution >= 4 is 26.7 Å². The Morgan fingerprint density at radius 3 is 3.00 bits per heavy atom. The van der Waals surface area contributed by atoms with Gasteiger partial charge in [-0.15, -0.1) is 0 Å². The van der Waals surface area contributed by atoms with Gasteiger partial charge in [0.2, 0.25) is 0 Å². The highest BCUT2D eigenvalue weighted by Crippen LogP contribution is 2.22. The van der Waals surface area contributed by atoms with Gasteiger partial charge in [-0.2, -0.15) is 5.10 Å². The summed E-state index contributed by atoms with van der Waals surface area (Å²) in [6.07, 6.45) is 4.35. The molecule has 2 N–H and O–H groups in total. The van der Waals surface area contributed by atoms with Gasteiger partial charge in [-0.05, 0) is 19.1 Å². The molecule has 0 aliphatic rings. The quantitative estimate of drug-likeness (QED) is 0.763. The third kappa shape index (κ3) is 2.14. The lowest BCUT2D eigenvalue weighted by atomic mass is 10.3. The first kappa shape index (κ1) is 12.7. The minimum atomic E-state index is -3.66. The van der Waals surface area contributed by atoms with Crippen molar-refractivity contribution in [1.82, 2.24) is 19.7 Å². The van der Waals surface area contributed by atoms with Gasteiger partial charge >= 0.3 is 0 Å². The molecule has 1 aromatic carbocycles. The van der Waals surface area contributed by atoms with Gasteiger partial charge in [-0.25, -0.2) is 13.4 Å². The van der Waals surface area contributed by atoms with Crippen LogP contribution in [-0.2, 0) is 16.6 Å². The molecule has 7 nitrogen and oxygen atoms in total. The molecule has 0 aliphatic heterocycles. The zero-order valence-corrected chi connectivity index (χ0v) is 11.6. The Morgan fingerprint density at radius 2 is 2.25 bits per heavy atom. The van der Waals surface area contributed by atoms with E-state index in [0.717, 1.165) is 5.52 Å². The SMILES string of the molecule is CCn1cc(S(=O)(=O)Nc2cccc3[nH]cnc23)cn1. The number of aryl methyl sites for hydroxylation is 1. The van der Waals surface area contributed by atoms with Gasteiger partial charge < -0.3 is 4.98 Å². The molecule has 0 spiro atoms. The Bertz CT molecular complexity index is 849. The minimum absolute atomic E-state index is 0.131. The fraction of sp³-hybridized carbons (Fsp3) is 0.167. The molecule has 0 aliphatic carbocycles. The highest BCUT2D eigenvalue weighted by Gasteiger charge is 2.18. The summed E-state index contributed by atoms with van der Waals surface area (Å²) in [5.41, 5.74) is 1.79. The van der Waals surface area contributed by atoms with Crippen LogP contribution in [0.3, 0.4) is 0 Å². The Kier molecular flexibility index (Phi) is 2.94. The maximum absolute atomic E-state index is 12.3. The number of imidazole rings is 1. The predicted octanol–water partition coefficient (Wildman–Crippen LogP) is 1.58. The molecule has 8 heteroatoms. The van der Waals surface area contributed by atoms with Crippen LogP contribution in [0.25, 0.3) is 11.0 Å². The molecule has 0 radical (unpaired) electrons. The fourth-order valence-electron chi connectivity index (χ4n) is 1.91. The number of rotatable bonds is 4. The number of para-hydroxylation sites is 1. The highest BCUT2D eigenvalue weighted by molar-refractivity contribution is 7.92. The first-order chi connectivity index (χ1) is 9.60. The summed E-state index contributed by atoms with van der Waals surface area (Å²) in [6.45, 7) is 2.51. The number of H-pyrrole nitrogens is 1. The van der Waals surface area contributed by atoms with E-state index < -0.39 is 10.0 Å². The number of aromatic nitrogens is 4. The van der Waals surface area contributed by atoms with Crippen molar-refractivity contribution in [2.45, 2.75) is 18.4 Å². The Morgan fingerprint density at radius 1 is 1.40 bits per heavy atom. The summed E-state index contributed by atoms with van der Waals surface area (Å²) in [4.78, 5) is 7.18. The maximum atomic E-state index is 12.3. The lowest BCUT2D eigenvalue weighted by Gasteiger charge is -2.06. The van der Waals surface area contributed by atoms with Crippen molar-refractivity contribution in [3.05, 3.63) is 36.9 Å². The van der Waals surface area contributed by atoms with Crippen LogP contribution in [0.5, 0.6) is 0 Å². The molecule has 0 amide bonds. The van der Waals surface area contributed by atoms with Crippen LogP contribution in [0, 0.1) is 0 Å². The lowest BCUT2D eigenvalue weighted by Crippen LogP contribution is -2.12. The number of nitrogens with zero attached hydrogens (tertiary/aromatic N) is 3. The minimum Gasteiger partial charge on any atom is -0.345 e. The van der Waals surface area contributed by atoms with Crippen molar-refractivity contribution in [1.29, 1.82) is 0 Å². The molecule has 0 unspecified atom stereocenters. The Hall–Kier alpha value is -2.35. The number of anilines is 1. The Labute approximate surface area is 115 Å². The summed E-state index contributed by atoms with van der Waals surface area (Å²) in [5.74, 6) is 0. The van der Waals surface area contributed by atoms with Gasteiger partial charge in [-0.3, -0.25) is 9.40 Å². The third-order valence-corrected chi connectivity index (χ3v) is 4.26. The standard InChI is InChI=1S/C12H13N5O2S/c1-2-17-7-9(6-15-17)20(18,19)16-11-5-3-4-10-12(11)14-8-13-10/h3-8,16H,2H2,1H3,(H,13,14). The molecule has 2 aromatic heterocycles. The zero-order valence-electron chi connectivity index (χ0n) is 10.7. The number of fused-ring (bicyclic) bond motifs is 1. The van der Waals surface area contributed by atoms with E-state index in [1.807, 2.05) is 13.0 Å². The van der Waals surface area contributed by atoms with Gasteiger partial charge in [0.05, 0.1) is 23.7 Å². The van der Waals surface area contributed by atoms with Crippen LogP contribution in [0.4, 0.5) is 5.69 Å². The average Bonchev–Trinajstić information content (AvgIpc) is 3.08. The monoisotopic (exact) mass is 291 g/mol. The predicted molar refractivity (Wildman–Crippen MR) is 74.8 cm³/mol.